The van der Waals surface area contributed by atoms with Gasteiger partial charge in [0, 0.05) is 6.04 Å². The Kier molecular flexibility index (Phi) is 6.72. The number of hydrogen-bond acceptors (Lipinski definition) is 4. The van der Waals surface area contributed by atoms with Crippen LogP contribution in [0.25, 0.3) is 0 Å². The molecular formula is C23H31N3O3. The zero-order valence-corrected chi connectivity index (χ0v) is 17.8. The van der Waals surface area contributed by atoms with E-state index in [9.17, 15) is 9.59 Å². The Morgan fingerprint density at radius 3 is 2.62 bits per heavy atom. The van der Waals surface area contributed by atoms with E-state index in [-0.39, 0.29) is 18.6 Å². The summed E-state index contributed by atoms with van der Waals surface area (Å²) in [5.74, 6) is 0.289. The van der Waals surface area contributed by atoms with E-state index in [4.69, 9.17) is 4.74 Å². The summed E-state index contributed by atoms with van der Waals surface area (Å²) in [6.45, 7) is 8.36. The van der Waals surface area contributed by atoms with E-state index in [1.165, 1.54) is 6.42 Å². The maximum Gasteiger partial charge on any atom is 0.342 e. The monoisotopic (exact) mass is 397 g/mol. The molecule has 3 rings (SSSR count). The normalized spacial score (nSPS) is 21.6. The van der Waals surface area contributed by atoms with Crippen LogP contribution in [-0.2, 0) is 16.1 Å². The second-order valence-electron chi connectivity index (χ2n) is 8.21. The van der Waals surface area contributed by atoms with Crippen molar-refractivity contribution in [3.05, 3.63) is 52.8 Å². The predicted molar refractivity (Wildman–Crippen MR) is 112 cm³/mol. The summed E-state index contributed by atoms with van der Waals surface area (Å²) in [6, 6.07) is 10.1. The van der Waals surface area contributed by atoms with Crippen LogP contribution in [-0.4, -0.2) is 34.3 Å². The van der Waals surface area contributed by atoms with E-state index in [0.29, 0.717) is 29.6 Å². The van der Waals surface area contributed by atoms with Crippen LogP contribution in [0.2, 0.25) is 0 Å². The van der Waals surface area contributed by atoms with Gasteiger partial charge in [-0.25, -0.2) is 4.79 Å². The molecule has 29 heavy (non-hydrogen) atoms. The molecule has 1 aromatic heterocycles. The van der Waals surface area contributed by atoms with E-state index in [0.717, 1.165) is 24.1 Å². The van der Waals surface area contributed by atoms with Gasteiger partial charge in [0.15, 0.2) is 6.61 Å². The van der Waals surface area contributed by atoms with Gasteiger partial charge in [0.1, 0.15) is 5.56 Å². The minimum Gasteiger partial charge on any atom is -0.452 e. The number of aryl methyl sites for hydroxylation is 1. The number of nitrogens with one attached hydrogen (secondary N) is 1. The second-order valence-corrected chi connectivity index (χ2v) is 8.21. The van der Waals surface area contributed by atoms with Crippen molar-refractivity contribution in [1.82, 2.24) is 15.1 Å². The van der Waals surface area contributed by atoms with Crippen molar-refractivity contribution in [3.8, 4) is 0 Å². The van der Waals surface area contributed by atoms with Gasteiger partial charge in [0.25, 0.3) is 5.91 Å². The van der Waals surface area contributed by atoms with Crippen LogP contribution < -0.4 is 5.32 Å². The van der Waals surface area contributed by atoms with Crippen LogP contribution >= 0.6 is 0 Å². The number of amides is 1. The first-order valence-electron chi connectivity index (χ1n) is 10.4. The van der Waals surface area contributed by atoms with E-state index >= 15 is 0 Å². The fourth-order valence-corrected chi connectivity index (χ4v) is 4.14. The Morgan fingerprint density at radius 2 is 1.90 bits per heavy atom. The second kappa shape index (κ2) is 9.25. The molecule has 6 heteroatoms. The van der Waals surface area contributed by atoms with Crippen LogP contribution in [0.1, 0.15) is 60.4 Å². The standard InChI is InChI=1S/C23H31N3O3/c1-15-9-8-12-20(16(15)2)24-21(27)14-29-23(28)22-17(3)25-26(18(22)4)13-19-10-6-5-7-11-19/h5-7,10-11,15-16,20H,8-9,12-14H2,1-4H3,(H,24,27)/t15-,16-,20-/m0/s1. The Morgan fingerprint density at radius 1 is 1.17 bits per heavy atom. The van der Waals surface area contributed by atoms with Gasteiger partial charge in [-0.05, 0) is 37.7 Å². The molecule has 1 fully saturated rings. The van der Waals surface area contributed by atoms with Gasteiger partial charge >= 0.3 is 5.97 Å². The van der Waals surface area contributed by atoms with Gasteiger partial charge < -0.3 is 10.1 Å². The van der Waals surface area contributed by atoms with Gasteiger partial charge in [0.2, 0.25) is 0 Å². The number of benzene rings is 1. The lowest BCUT2D eigenvalue weighted by molar-refractivity contribution is -0.125. The van der Waals surface area contributed by atoms with Crippen molar-refractivity contribution in [2.75, 3.05) is 6.61 Å². The summed E-state index contributed by atoms with van der Waals surface area (Å²) in [4.78, 5) is 24.9. The molecular weight excluding hydrogens is 366 g/mol. The number of hydrogen-bond donors (Lipinski definition) is 1. The Hall–Kier alpha value is -2.63. The lowest BCUT2D eigenvalue weighted by Gasteiger charge is -2.34. The Labute approximate surface area is 172 Å². The summed E-state index contributed by atoms with van der Waals surface area (Å²) in [5, 5.41) is 7.52. The predicted octanol–water partition coefficient (Wildman–Crippen LogP) is 3.65. The molecule has 2 aromatic rings. The zero-order chi connectivity index (χ0) is 21.0. The average Bonchev–Trinajstić information content (AvgIpc) is 2.97. The molecule has 0 bridgehead atoms. The van der Waals surface area contributed by atoms with Crippen LogP contribution in [0.3, 0.4) is 0 Å². The number of aromatic nitrogens is 2. The largest absolute Gasteiger partial charge is 0.452 e. The van der Waals surface area contributed by atoms with Gasteiger partial charge in [0.05, 0.1) is 17.9 Å². The fraction of sp³-hybridized carbons (Fsp3) is 0.522. The van der Waals surface area contributed by atoms with Crippen LogP contribution in [0, 0.1) is 25.7 Å². The van der Waals surface area contributed by atoms with E-state index < -0.39 is 5.97 Å². The number of ether oxygens (including phenoxy) is 1. The third kappa shape index (κ3) is 5.05. The first-order valence-corrected chi connectivity index (χ1v) is 10.4. The molecule has 0 saturated heterocycles. The first kappa shape index (κ1) is 21.1. The minimum atomic E-state index is -0.500. The highest BCUT2D eigenvalue weighted by Crippen LogP contribution is 2.29. The third-order valence-electron chi connectivity index (χ3n) is 6.15. The molecule has 156 valence electrons. The quantitative estimate of drug-likeness (QED) is 0.755. The smallest absolute Gasteiger partial charge is 0.342 e. The van der Waals surface area contributed by atoms with Crippen molar-refractivity contribution in [2.45, 2.75) is 59.5 Å². The van der Waals surface area contributed by atoms with Crippen molar-refractivity contribution >= 4 is 11.9 Å². The molecule has 6 nitrogen and oxygen atoms in total. The van der Waals surface area contributed by atoms with Crippen molar-refractivity contribution in [1.29, 1.82) is 0 Å². The minimum absolute atomic E-state index is 0.155. The maximum atomic E-state index is 12.6. The van der Waals surface area contributed by atoms with Gasteiger partial charge in [-0.15, -0.1) is 0 Å². The lowest BCUT2D eigenvalue weighted by Crippen LogP contribution is -2.45. The maximum absolute atomic E-state index is 12.6. The number of carbonyl (C=O) groups excluding carboxylic acids is 2. The third-order valence-corrected chi connectivity index (χ3v) is 6.15. The molecule has 1 aliphatic carbocycles. The van der Waals surface area contributed by atoms with E-state index in [1.54, 1.807) is 11.6 Å². The van der Waals surface area contributed by atoms with Crippen molar-refractivity contribution in [3.63, 3.8) is 0 Å². The number of rotatable bonds is 6. The SMILES string of the molecule is Cc1nn(Cc2ccccc2)c(C)c1C(=O)OCC(=O)N[C@H]1CCC[C@H](C)[C@@H]1C. The van der Waals surface area contributed by atoms with Crippen molar-refractivity contribution < 1.29 is 14.3 Å². The highest BCUT2D eigenvalue weighted by molar-refractivity contribution is 5.93. The zero-order valence-electron chi connectivity index (χ0n) is 17.8. The summed E-state index contributed by atoms with van der Waals surface area (Å²) < 4.78 is 7.11. The average molecular weight is 398 g/mol. The number of carbonyl (C=O) groups is 2. The molecule has 0 aliphatic heterocycles. The van der Waals surface area contributed by atoms with E-state index in [1.807, 2.05) is 37.3 Å². The Bertz CT molecular complexity index is 860. The molecule has 1 heterocycles. The summed E-state index contributed by atoms with van der Waals surface area (Å²) in [6.07, 6.45) is 3.30. The molecule has 0 radical (unpaired) electrons. The molecule has 1 aliphatic rings. The molecule has 1 aromatic carbocycles. The summed E-state index contributed by atoms with van der Waals surface area (Å²) in [7, 11) is 0. The van der Waals surface area contributed by atoms with Crippen LogP contribution in [0.4, 0.5) is 0 Å². The molecule has 1 amide bonds. The lowest BCUT2D eigenvalue weighted by atomic mass is 9.78. The fourth-order valence-electron chi connectivity index (χ4n) is 4.14. The first-order chi connectivity index (χ1) is 13.9. The molecule has 0 spiro atoms. The van der Waals surface area contributed by atoms with Gasteiger partial charge in [-0.1, -0.05) is 57.0 Å². The number of nitrogens with zero attached hydrogens (tertiary/aromatic N) is 2. The van der Waals surface area contributed by atoms with E-state index in [2.05, 4.69) is 24.3 Å². The summed E-state index contributed by atoms with van der Waals surface area (Å²) in [5.41, 5.74) is 2.90. The molecule has 1 N–H and O–H groups in total. The highest BCUT2D eigenvalue weighted by Gasteiger charge is 2.28. The van der Waals surface area contributed by atoms with Crippen LogP contribution in [0.5, 0.6) is 0 Å². The molecule has 1 saturated carbocycles. The highest BCUT2D eigenvalue weighted by atomic mass is 16.5. The number of esters is 1. The van der Waals surface area contributed by atoms with Crippen molar-refractivity contribution in [2.24, 2.45) is 11.8 Å². The Balaban J connectivity index is 1.58. The van der Waals surface area contributed by atoms with Gasteiger partial charge in [-0.3, -0.25) is 9.48 Å². The molecule has 3 atom stereocenters. The van der Waals surface area contributed by atoms with Crippen LogP contribution in [0.15, 0.2) is 30.3 Å². The topological polar surface area (TPSA) is 73.2 Å². The molecule has 0 unspecified atom stereocenters. The summed E-state index contributed by atoms with van der Waals surface area (Å²) >= 11 is 0. The van der Waals surface area contributed by atoms with Gasteiger partial charge in [-0.2, -0.15) is 5.10 Å².